The van der Waals surface area contributed by atoms with Crippen molar-refractivity contribution in [3.05, 3.63) is 30.3 Å². The molecule has 2 N–H and O–H groups in total. The lowest BCUT2D eigenvalue weighted by Gasteiger charge is -2.06. The second-order valence-corrected chi connectivity index (χ2v) is 3.63. The molecular weight excluding hydrogens is 230 g/mol. The summed E-state index contributed by atoms with van der Waals surface area (Å²) in [6.45, 7) is 1.59. The molecule has 1 rings (SSSR count). The summed E-state index contributed by atoms with van der Waals surface area (Å²) in [5.41, 5.74) is 0. The second kappa shape index (κ2) is 9.02. The van der Waals surface area contributed by atoms with Crippen LogP contribution in [-0.2, 0) is 4.79 Å². The highest BCUT2D eigenvalue weighted by atomic mass is 16.5. The molecule has 0 spiro atoms. The summed E-state index contributed by atoms with van der Waals surface area (Å²) >= 11 is 0. The second-order valence-electron chi connectivity index (χ2n) is 3.63. The fourth-order valence-electron chi connectivity index (χ4n) is 1.31. The number of carbonyl (C=O) groups is 1. The van der Waals surface area contributed by atoms with Crippen molar-refractivity contribution in [2.45, 2.75) is 6.42 Å². The lowest BCUT2D eigenvalue weighted by atomic mass is 10.3. The molecule has 0 unspecified atom stereocenters. The van der Waals surface area contributed by atoms with Crippen LogP contribution >= 0.6 is 0 Å². The first-order valence-corrected chi connectivity index (χ1v) is 5.85. The highest BCUT2D eigenvalue weighted by Gasteiger charge is 1.98. The van der Waals surface area contributed by atoms with E-state index in [1.807, 2.05) is 36.4 Å². The van der Waals surface area contributed by atoms with Crippen LogP contribution in [0.25, 0.3) is 0 Å². The minimum Gasteiger partial charge on any atom is -0.494 e. The third kappa shape index (κ3) is 6.51. The molecule has 0 aliphatic carbocycles. The summed E-state index contributed by atoms with van der Waals surface area (Å²) in [4.78, 5) is 11.1. The Morgan fingerprint density at radius 2 is 2.11 bits per heavy atom. The normalized spacial score (nSPS) is 9.50. The van der Waals surface area contributed by atoms with Gasteiger partial charge in [0, 0.05) is 0 Å². The van der Waals surface area contributed by atoms with E-state index in [2.05, 4.69) is 10.6 Å². The van der Waals surface area contributed by atoms with Crippen molar-refractivity contribution < 1.29 is 9.53 Å². The number of hydrogen-bond acceptors (Lipinski definition) is 4. The molecule has 1 aromatic rings. The Labute approximate surface area is 107 Å². The number of nitriles is 1. The molecule has 0 saturated carbocycles. The van der Waals surface area contributed by atoms with Gasteiger partial charge >= 0.3 is 0 Å². The zero-order valence-electron chi connectivity index (χ0n) is 10.2. The van der Waals surface area contributed by atoms with Gasteiger partial charge in [-0.15, -0.1) is 0 Å². The quantitative estimate of drug-likeness (QED) is 0.523. The monoisotopic (exact) mass is 247 g/mol. The van der Waals surface area contributed by atoms with Gasteiger partial charge in [0.1, 0.15) is 12.3 Å². The maximum atomic E-state index is 11.1. The number of carbonyl (C=O) groups excluding carboxylic acids is 1. The number of nitrogens with one attached hydrogen (secondary N) is 2. The van der Waals surface area contributed by atoms with E-state index in [0.29, 0.717) is 13.2 Å². The predicted molar refractivity (Wildman–Crippen MR) is 68.0 cm³/mol. The molecule has 1 amide bonds. The van der Waals surface area contributed by atoms with Crippen molar-refractivity contribution in [3.63, 3.8) is 0 Å². The Kier molecular flexibility index (Phi) is 7.02. The van der Waals surface area contributed by atoms with Crippen LogP contribution in [0.4, 0.5) is 0 Å². The van der Waals surface area contributed by atoms with Crippen LogP contribution in [-0.4, -0.2) is 32.1 Å². The van der Waals surface area contributed by atoms with Crippen LogP contribution in [0.2, 0.25) is 0 Å². The topological polar surface area (TPSA) is 74.2 Å². The third-order valence-corrected chi connectivity index (χ3v) is 2.16. The lowest BCUT2D eigenvalue weighted by Crippen LogP contribution is -2.34. The van der Waals surface area contributed by atoms with Crippen LogP contribution < -0.4 is 15.4 Å². The van der Waals surface area contributed by atoms with Crippen molar-refractivity contribution in [3.8, 4) is 11.8 Å². The van der Waals surface area contributed by atoms with Crippen molar-refractivity contribution in [2.24, 2.45) is 0 Å². The molecule has 96 valence electrons. The summed E-state index contributed by atoms with van der Waals surface area (Å²) in [6.07, 6.45) is 0.820. The maximum Gasteiger partial charge on any atom is 0.234 e. The molecule has 1 aromatic carbocycles. The number of amides is 1. The maximum absolute atomic E-state index is 11.1. The van der Waals surface area contributed by atoms with Gasteiger partial charge in [-0.1, -0.05) is 18.2 Å². The van der Waals surface area contributed by atoms with Gasteiger partial charge in [-0.25, -0.2) is 0 Å². The number of hydrogen-bond donors (Lipinski definition) is 2. The number of para-hydroxylation sites is 1. The Bertz CT molecular complexity index is 387. The molecule has 0 heterocycles. The first-order chi connectivity index (χ1) is 8.83. The van der Waals surface area contributed by atoms with E-state index < -0.39 is 0 Å². The molecular formula is C13H17N3O2. The Morgan fingerprint density at radius 1 is 1.33 bits per heavy atom. The molecule has 5 nitrogen and oxygen atoms in total. The van der Waals surface area contributed by atoms with Crippen molar-refractivity contribution >= 4 is 5.91 Å². The smallest absolute Gasteiger partial charge is 0.234 e. The van der Waals surface area contributed by atoms with E-state index in [9.17, 15) is 4.79 Å². The predicted octanol–water partition coefficient (Wildman–Crippen LogP) is 0.685. The van der Waals surface area contributed by atoms with Gasteiger partial charge in [-0.05, 0) is 25.1 Å². The van der Waals surface area contributed by atoms with E-state index >= 15 is 0 Å². The van der Waals surface area contributed by atoms with Gasteiger partial charge in [0.25, 0.3) is 0 Å². The molecule has 0 radical (unpaired) electrons. The Hall–Kier alpha value is -2.06. The fourth-order valence-corrected chi connectivity index (χ4v) is 1.31. The highest BCUT2D eigenvalue weighted by molar-refractivity contribution is 5.78. The summed E-state index contributed by atoms with van der Waals surface area (Å²) in [5.74, 6) is 0.685. The van der Waals surface area contributed by atoms with Gasteiger partial charge in [-0.3, -0.25) is 4.79 Å². The molecule has 0 aromatic heterocycles. The van der Waals surface area contributed by atoms with E-state index in [-0.39, 0.29) is 19.0 Å². The molecule has 0 aliphatic rings. The van der Waals surface area contributed by atoms with Gasteiger partial charge in [0.05, 0.1) is 19.2 Å². The molecule has 18 heavy (non-hydrogen) atoms. The molecule has 0 aliphatic heterocycles. The number of rotatable bonds is 8. The zero-order chi connectivity index (χ0) is 13.1. The Balaban J connectivity index is 1.96. The van der Waals surface area contributed by atoms with Crippen LogP contribution in [0.5, 0.6) is 5.75 Å². The summed E-state index contributed by atoms with van der Waals surface area (Å²) in [5, 5.41) is 13.7. The highest BCUT2D eigenvalue weighted by Crippen LogP contribution is 2.07. The molecule has 0 saturated heterocycles. The van der Waals surface area contributed by atoms with Crippen LogP contribution in [0.1, 0.15) is 6.42 Å². The van der Waals surface area contributed by atoms with E-state index in [1.54, 1.807) is 0 Å². The summed E-state index contributed by atoms with van der Waals surface area (Å²) in [7, 11) is 0. The first-order valence-electron chi connectivity index (χ1n) is 5.85. The molecule has 0 bridgehead atoms. The van der Waals surface area contributed by atoms with Crippen LogP contribution in [0.3, 0.4) is 0 Å². The average molecular weight is 247 g/mol. The SMILES string of the molecule is N#CCNC(=O)CNCCCOc1ccccc1. The first kappa shape index (κ1) is 14.0. The van der Waals surface area contributed by atoms with Crippen LogP contribution in [0.15, 0.2) is 30.3 Å². The van der Waals surface area contributed by atoms with Gasteiger partial charge in [0.15, 0.2) is 0 Å². The minimum atomic E-state index is -0.166. The van der Waals surface area contributed by atoms with Crippen LogP contribution in [0, 0.1) is 11.3 Å². The largest absolute Gasteiger partial charge is 0.494 e. The minimum absolute atomic E-state index is 0.0532. The standard InChI is InChI=1S/C13H17N3O2/c14-7-9-16-13(17)11-15-8-4-10-18-12-5-2-1-3-6-12/h1-3,5-6,15H,4,8-11H2,(H,16,17). The van der Waals surface area contributed by atoms with Gasteiger partial charge < -0.3 is 15.4 Å². The van der Waals surface area contributed by atoms with Crippen molar-refractivity contribution in [1.29, 1.82) is 5.26 Å². The summed E-state index contributed by atoms with van der Waals surface area (Å²) < 4.78 is 5.49. The number of nitrogens with zero attached hydrogens (tertiary/aromatic N) is 1. The molecule has 0 fully saturated rings. The van der Waals surface area contributed by atoms with Crippen molar-refractivity contribution in [2.75, 3.05) is 26.2 Å². The molecule has 0 atom stereocenters. The zero-order valence-corrected chi connectivity index (χ0v) is 10.2. The fraction of sp³-hybridized carbons (Fsp3) is 0.385. The van der Waals surface area contributed by atoms with E-state index in [0.717, 1.165) is 12.2 Å². The number of benzene rings is 1. The van der Waals surface area contributed by atoms with E-state index in [4.69, 9.17) is 10.00 Å². The van der Waals surface area contributed by atoms with Crippen molar-refractivity contribution in [1.82, 2.24) is 10.6 Å². The summed E-state index contributed by atoms with van der Waals surface area (Å²) in [6, 6.07) is 11.4. The number of ether oxygens (including phenoxy) is 1. The van der Waals surface area contributed by atoms with Gasteiger partial charge in [0.2, 0.25) is 5.91 Å². The molecule has 5 heteroatoms. The Morgan fingerprint density at radius 3 is 2.83 bits per heavy atom. The van der Waals surface area contributed by atoms with E-state index in [1.165, 1.54) is 0 Å². The third-order valence-electron chi connectivity index (χ3n) is 2.16. The lowest BCUT2D eigenvalue weighted by molar-refractivity contribution is -0.120. The van der Waals surface area contributed by atoms with Gasteiger partial charge in [-0.2, -0.15) is 5.26 Å². The average Bonchev–Trinajstić information content (AvgIpc) is 2.41.